The molecule has 1 saturated carbocycles. The Morgan fingerprint density at radius 2 is 2.18 bits per heavy atom. The van der Waals surface area contributed by atoms with Crippen LogP contribution in [0.15, 0.2) is 24.3 Å². The molecule has 0 bridgehead atoms. The Balaban J connectivity index is 2.14. The minimum Gasteiger partial charge on any atom is -0.379 e. The van der Waals surface area contributed by atoms with E-state index in [0.29, 0.717) is 0 Å². The van der Waals surface area contributed by atoms with Crippen LogP contribution in [0.3, 0.4) is 0 Å². The zero-order valence-electron chi connectivity index (χ0n) is 10.9. The molecule has 2 unspecified atom stereocenters. The second kappa shape index (κ2) is 5.65. The number of methoxy groups -OCH3 is 1. The summed E-state index contributed by atoms with van der Waals surface area (Å²) in [5.41, 5.74) is 8.93. The molecule has 2 atom stereocenters. The van der Waals surface area contributed by atoms with Gasteiger partial charge in [0.05, 0.1) is 12.1 Å². The van der Waals surface area contributed by atoms with Crippen molar-refractivity contribution in [2.45, 2.75) is 50.7 Å². The molecule has 0 spiro atoms. The lowest BCUT2D eigenvalue weighted by Crippen LogP contribution is -2.27. The molecule has 2 rings (SSSR count). The Morgan fingerprint density at radius 1 is 1.41 bits per heavy atom. The molecule has 17 heavy (non-hydrogen) atoms. The van der Waals surface area contributed by atoms with Crippen molar-refractivity contribution in [3.05, 3.63) is 35.4 Å². The predicted octanol–water partition coefficient (Wildman–Crippen LogP) is 3.38. The first-order valence-electron chi connectivity index (χ1n) is 6.64. The molecule has 0 amide bonds. The van der Waals surface area contributed by atoms with Crippen LogP contribution in [0.5, 0.6) is 0 Å². The van der Waals surface area contributed by atoms with Crippen molar-refractivity contribution in [2.75, 3.05) is 7.11 Å². The maximum absolute atomic E-state index is 6.26. The molecular weight excluding hydrogens is 210 g/mol. The topological polar surface area (TPSA) is 35.2 Å². The van der Waals surface area contributed by atoms with Crippen molar-refractivity contribution in [3.63, 3.8) is 0 Å². The average molecular weight is 233 g/mol. The summed E-state index contributed by atoms with van der Waals surface area (Å²) in [5.74, 6) is 0.768. The lowest BCUT2D eigenvalue weighted by Gasteiger charge is -2.27. The molecule has 1 aromatic rings. The van der Waals surface area contributed by atoms with E-state index in [-0.39, 0.29) is 12.1 Å². The van der Waals surface area contributed by atoms with E-state index >= 15 is 0 Å². The summed E-state index contributed by atoms with van der Waals surface area (Å²) in [7, 11) is 1.74. The van der Waals surface area contributed by atoms with Crippen LogP contribution in [0.4, 0.5) is 0 Å². The van der Waals surface area contributed by atoms with Gasteiger partial charge in [0.1, 0.15) is 0 Å². The van der Waals surface area contributed by atoms with Gasteiger partial charge in [-0.1, -0.05) is 37.6 Å². The number of ether oxygens (including phenoxy) is 1. The Kier molecular flexibility index (Phi) is 4.19. The fourth-order valence-corrected chi connectivity index (χ4v) is 2.54. The number of rotatable bonds is 5. The lowest BCUT2D eigenvalue weighted by molar-refractivity contribution is 0.0771. The Hall–Kier alpha value is -0.860. The van der Waals surface area contributed by atoms with Crippen LogP contribution in [-0.4, -0.2) is 13.2 Å². The molecule has 2 N–H and O–H groups in total. The summed E-state index contributed by atoms with van der Waals surface area (Å²) in [6.45, 7) is 2.11. The van der Waals surface area contributed by atoms with Crippen molar-refractivity contribution in [1.82, 2.24) is 0 Å². The van der Waals surface area contributed by atoms with E-state index in [4.69, 9.17) is 10.5 Å². The Morgan fingerprint density at radius 3 is 2.71 bits per heavy atom. The van der Waals surface area contributed by atoms with Gasteiger partial charge in [-0.05, 0) is 36.3 Å². The molecule has 0 saturated heterocycles. The molecule has 0 heterocycles. The highest BCUT2D eigenvalue weighted by atomic mass is 16.5. The van der Waals surface area contributed by atoms with E-state index in [1.807, 2.05) is 0 Å². The van der Waals surface area contributed by atoms with Gasteiger partial charge in [0.25, 0.3) is 0 Å². The van der Waals surface area contributed by atoms with Crippen molar-refractivity contribution in [2.24, 2.45) is 5.73 Å². The van der Waals surface area contributed by atoms with Gasteiger partial charge in [-0.3, -0.25) is 0 Å². The van der Waals surface area contributed by atoms with Gasteiger partial charge in [-0.25, -0.2) is 0 Å². The van der Waals surface area contributed by atoms with E-state index in [0.717, 1.165) is 12.3 Å². The fourth-order valence-electron chi connectivity index (χ4n) is 2.54. The third kappa shape index (κ3) is 2.70. The van der Waals surface area contributed by atoms with Gasteiger partial charge in [-0.15, -0.1) is 0 Å². The van der Waals surface area contributed by atoms with Crippen LogP contribution < -0.4 is 5.73 Å². The molecule has 2 heteroatoms. The molecule has 0 radical (unpaired) electrons. The minimum absolute atomic E-state index is 0.00923. The van der Waals surface area contributed by atoms with Crippen LogP contribution in [0, 0.1) is 0 Å². The lowest BCUT2D eigenvalue weighted by atomic mass is 9.79. The molecule has 2 nitrogen and oxygen atoms in total. The third-order valence-corrected chi connectivity index (χ3v) is 3.98. The first-order valence-corrected chi connectivity index (χ1v) is 6.64. The van der Waals surface area contributed by atoms with E-state index in [1.165, 1.54) is 30.4 Å². The summed E-state index contributed by atoms with van der Waals surface area (Å²) in [6.07, 6.45) is 5.11. The third-order valence-electron chi connectivity index (χ3n) is 3.98. The summed E-state index contributed by atoms with van der Waals surface area (Å²) in [5, 5.41) is 0. The monoisotopic (exact) mass is 233 g/mol. The van der Waals surface area contributed by atoms with Crippen LogP contribution in [0.1, 0.15) is 55.7 Å². The van der Waals surface area contributed by atoms with Crippen LogP contribution in [0.2, 0.25) is 0 Å². The normalized spacial score (nSPS) is 19.7. The van der Waals surface area contributed by atoms with Crippen LogP contribution >= 0.6 is 0 Å². The van der Waals surface area contributed by atoms with Crippen molar-refractivity contribution >= 4 is 0 Å². The largest absolute Gasteiger partial charge is 0.379 e. The maximum Gasteiger partial charge on any atom is 0.0761 e. The van der Waals surface area contributed by atoms with E-state index in [1.54, 1.807) is 7.11 Å². The summed E-state index contributed by atoms with van der Waals surface area (Å²) in [6, 6.07) is 8.74. The summed E-state index contributed by atoms with van der Waals surface area (Å²) >= 11 is 0. The van der Waals surface area contributed by atoms with Crippen molar-refractivity contribution in [1.29, 1.82) is 0 Å². The second-order valence-corrected chi connectivity index (χ2v) is 5.01. The fraction of sp³-hybridized carbons (Fsp3) is 0.600. The quantitative estimate of drug-likeness (QED) is 0.846. The van der Waals surface area contributed by atoms with Gasteiger partial charge < -0.3 is 10.5 Å². The Bertz CT molecular complexity index is 356. The van der Waals surface area contributed by atoms with Crippen molar-refractivity contribution < 1.29 is 4.74 Å². The first kappa shape index (κ1) is 12.6. The van der Waals surface area contributed by atoms with Crippen LogP contribution in [-0.2, 0) is 4.74 Å². The SMILES string of the molecule is CCC(OC)C(N)c1cccc(C2CCC2)c1. The highest BCUT2D eigenvalue weighted by molar-refractivity contribution is 5.30. The Labute approximate surface area is 104 Å². The predicted molar refractivity (Wildman–Crippen MR) is 71.1 cm³/mol. The number of hydrogen-bond acceptors (Lipinski definition) is 2. The standard InChI is InChI=1S/C15H23NO/c1-3-14(17-2)15(16)13-9-5-8-12(10-13)11-6-4-7-11/h5,8-11,14-15H,3-4,6-7,16H2,1-2H3. The van der Waals surface area contributed by atoms with Crippen molar-refractivity contribution in [3.8, 4) is 0 Å². The molecule has 1 aliphatic rings. The maximum atomic E-state index is 6.26. The second-order valence-electron chi connectivity index (χ2n) is 5.01. The van der Waals surface area contributed by atoms with Gasteiger partial charge in [0.15, 0.2) is 0 Å². The summed E-state index contributed by atoms with van der Waals surface area (Å²) < 4.78 is 5.43. The smallest absolute Gasteiger partial charge is 0.0761 e. The van der Waals surface area contributed by atoms with E-state index in [9.17, 15) is 0 Å². The van der Waals surface area contributed by atoms with E-state index in [2.05, 4.69) is 31.2 Å². The molecule has 94 valence electrons. The van der Waals surface area contributed by atoms with Gasteiger partial charge in [0, 0.05) is 7.11 Å². The molecule has 1 aliphatic carbocycles. The van der Waals surface area contributed by atoms with E-state index < -0.39 is 0 Å². The molecular formula is C15H23NO. The highest BCUT2D eigenvalue weighted by Gasteiger charge is 2.22. The van der Waals surface area contributed by atoms with Crippen LogP contribution in [0.25, 0.3) is 0 Å². The molecule has 0 aromatic heterocycles. The number of benzene rings is 1. The molecule has 0 aliphatic heterocycles. The summed E-state index contributed by atoms with van der Waals surface area (Å²) in [4.78, 5) is 0. The molecule has 1 aromatic carbocycles. The average Bonchev–Trinajstić information content (AvgIpc) is 2.28. The van der Waals surface area contributed by atoms with Gasteiger partial charge >= 0.3 is 0 Å². The number of hydrogen-bond donors (Lipinski definition) is 1. The molecule has 1 fully saturated rings. The highest BCUT2D eigenvalue weighted by Crippen LogP contribution is 2.37. The zero-order chi connectivity index (χ0) is 12.3. The minimum atomic E-state index is -0.00923. The van der Waals surface area contributed by atoms with Gasteiger partial charge in [-0.2, -0.15) is 0 Å². The van der Waals surface area contributed by atoms with Gasteiger partial charge in [0.2, 0.25) is 0 Å². The zero-order valence-corrected chi connectivity index (χ0v) is 10.9. The first-order chi connectivity index (χ1) is 8.26. The number of nitrogens with two attached hydrogens (primary N) is 1.